The molecular formula is C12H20BF4NO3. The molecule has 9 heteroatoms. The molecule has 0 radical (unpaired) electrons. The molecule has 0 bridgehead atoms. The SMILES string of the molecule is C[N+]1=C([C@H]2COC3(CCCCC3)O2)CCO1.F[B-](F)(F)F. The number of hydroxylamine groups is 1. The first kappa shape index (κ1) is 16.5. The van der Waals surface area contributed by atoms with Crippen LogP contribution in [-0.4, -0.2) is 49.9 Å². The summed E-state index contributed by atoms with van der Waals surface area (Å²) in [6.07, 6.45) is 6.98. The first-order valence-electron chi connectivity index (χ1n) is 7.21. The lowest BCUT2D eigenvalue weighted by molar-refractivity contribution is -0.759. The molecule has 0 amide bonds. The maximum absolute atomic E-state index is 9.75. The van der Waals surface area contributed by atoms with Crippen LogP contribution in [0.25, 0.3) is 0 Å². The maximum atomic E-state index is 9.75. The number of rotatable bonds is 1. The Morgan fingerprint density at radius 2 is 1.76 bits per heavy atom. The number of halogens is 4. The Balaban J connectivity index is 0.000000282. The van der Waals surface area contributed by atoms with Gasteiger partial charge in [-0.2, -0.15) is 0 Å². The standard InChI is InChI=1S/C12H20NO3.BF4/c1-13-10(5-8-15-13)11-9-14-12(16-11)6-3-2-4-7-12;2-1(3,4)5/h11H,2-9H2,1H3;/q+1;-1/t11-;/m1./s1. The summed E-state index contributed by atoms with van der Waals surface area (Å²) in [5.41, 5.74) is 1.24. The minimum Gasteiger partial charge on any atom is -0.418 e. The Hall–Kier alpha value is -0.825. The third kappa shape index (κ3) is 4.84. The Kier molecular flexibility index (Phi) is 5.13. The molecule has 1 atom stereocenters. The van der Waals surface area contributed by atoms with E-state index in [1.165, 1.54) is 25.0 Å². The van der Waals surface area contributed by atoms with E-state index in [1.54, 1.807) is 0 Å². The van der Waals surface area contributed by atoms with Crippen LogP contribution in [0.15, 0.2) is 0 Å². The van der Waals surface area contributed by atoms with Gasteiger partial charge < -0.3 is 26.7 Å². The molecule has 1 saturated heterocycles. The van der Waals surface area contributed by atoms with Gasteiger partial charge >= 0.3 is 7.25 Å². The van der Waals surface area contributed by atoms with E-state index in [2.05, 4.69) is 0 Å². The van der Waals surface area contributed by atoms with Crippen LogP contribution >= 0.6 is 0 Å². The monoisotopic (exact) mass is 313 g/mol. The smallest absolute Gasteiger partial charge is 0.418 e. The summed E-state index contributed by atoms with van der Waals surface area (Å²) < 4.78 is 52.9. The first-order valence-corrected chi connectivity index (χ1v) is 7.21. The largest absolute Gasteiger partial charge is 0.673 e. The summed E-state index contributed by atoms with van der Waals surface area (Å²) in [6, 6.07) is 0. The van der Waals surface area contributed by atoms with E-state index in [1.807, 2.05) is 11.8 Å². The summed E-state index contributed by atoms with van der Waals surface area (Å²) in [7, 11) is -4.04. The van der Waals surface area contributed by atoms with E-state index in [-0.39, 0.29) is 11.9 Å². The second kappa shape index (κ2) is 6.52. The summed E-state index contributed by atoms with van der Waals surface area (Å²) >= 11 is 0. The lowest BCUT2D eigenvalue weighted by atomic mass is 9.94. The van der Waals surface area contributed by atoms with Crippen molar-refractivity contribution in [2.75, 3.05) is 20.3 Å². The molecule has 1 aliphatic carbocycles. The van der Waals surface area contributed by atoms with E-state index in [4.69, 9.17) is 14.3 Å². The summed E-state index contributed by atoms with van der Waals surface area (Å²) in [5.74, 6) is -0.265. The predicted octanol–water partition coefficient (Wildman–Crippen LogP) is 2.78. The Morgan fingerprint density at radius 1 is 1.14 bits per heavy atom. The molecule has 0 aromatic carbocycles. The van der Waals surface area contributed by atoms with Crippen LogP contribution in [0.2, 0.25) is 0 Å². The highest BCUT2D eigenvalue weighted by molar-refractivity contribution is 6.50. The molecule has 2 aliphatic heterocycles. The van der Waals surface area contributed by atoms with Crippen LogP contribution in [0.3, 0.4) is 0 Å². The minimum absolute atomic E-state index is 0.116. The molecule has 1 saturated carbocycles. The minimum atomic E-state index is -6.00. The highest BCUT2D eigenvalue weighted by Crippen LogP contribution is 2.38. The zero-order valence-electron chi connectivity index (χ0n) is 12.0. The zero-order valence-corrected chi connectivity index (χ0v) is 12.0. The van der Waals surface area contributed by atoms with Crippen molar-refractivity contribution in [2.45, 2.75) is 50.4 Å². The molecule has 0 aromatic rings. The summed E-state index contributed by atoms with van der Waals surface area (Å²) in [5, 5.41) is 0. The lowest BCUT2D eigenvalue weighted by Gasteiger charge is -2.31. The third-order valence-electron chi connectivity index (χ3n) is 3.89. The topological polar surface area (TPSA) is 30.7 Å². The average molecular weight is 313 g/mol. The van der Waals surface area contributed by atoms with Crippen molar-refractivity contribution in [1.82, 2.24) is 0 Å². The zero-order chi connectivity index (χ0) is 15.5. The second-order valence-corrected chi connectivity index (χ2v) is 5.46. The van der Waals surface area contributed by atoms with Crippen LogP contribution in [0, 0.1) is 0 Å². The van der Waals surface area contributed by atoms with Crippen molar-refractivity contribution >= 4 is 13.0 Å². The van der Waals surface area contributed by atoms with Crippen molar-refractivity contribution in [3.8, 4) is 0 Å². The third-order valence-corrected chi connectivity index (χ3v) is 3.89. The van der Waals surface area contributed by atoms with Gasteiger partial charge in [0.05, 0.1) is 13.0 Å². The average Bonchev–Trinajstić information content (AvgIpc) is 2.95. The Labute approximate surface area is 121 Å². The van der Waals surface area contributed by atoms with Gasteiger partial charge in [-0.3, -0.25) is 4.84 Å². The molecule has 2 fully saturated rings. The molecule has 3 rings (SSSR count). The van der Waals surface area contributed by atoms with E-state index < -0.39 is 7.25 Å². The van der Waals surface area contributed by atoms with E-state index in [0.717, 1.165) is 25.9 Å². The molecule has 0 aromatic heterocycles. The van der Waals surface area contributed by atoms with E-state index >= 15 is 0 Å². The quantitative estimate of drug-likeness (QED) is 0.424. The molecule has 0 N–H and O–H groups in total. The van der Waals surface area contributed by atoms with Gasteiger partial charge in [0.2, 0.25) is 5.71 Å². The van der Waals surface area contributed by atoms with Gasteiger partial charge in [-0.15, -0.1) is 0 Å². The van der Waals surface area contributed by atoms with Gasteiger partial charge in [0.15, 0.2) is 25.5 Å². The fourth-order valence-electron chi connectivity index (χ4n) is 2.96. The lowest BCUT2D eigenvalue weighted by Crippen LogP contribution is -2.35. The molecule has 122 valence electrons. The summed E-state index contributed by atoms with van der Waals surface area (Å²) in [4.78, 5) is 5.41. The second-order valence-electron chi connectivity index (χ2n) is 5.46. The van der Waals surface area contributed by atoms with Crippen molar-refractivity contribution in [3.63, 3.8) is 0 Å². The normalized spacial score (nSPS) is 28.3. The first-order chi connectivity index (χ1) is 9.79. The van der Waals surface area contributed by atoms with Crippen molar-refractivity contribution in [2.24, 2.45) is 0 Å². The highest BCUT2D eigenvalue weighted by atomic mass is 19.5. The molecule has 3 aliphatic rings. The van der Waals surface area contributed by atoms with Crippen LogP contribution in [-0.2, 0) is 14.3 Å². The highest BCUT2D eigenvalue weighted by Gasteiger charge is 2.47. The van der Waals surface area contributed by atoms with Gasteiger partial charge in [0.25, 0.3) is 0 Å². The van der Waals surface area contributed by atoms with Crippen LogP contribution in [0.1, 0.15) is 38.5 Å². The Morgan fingerprint density at radius 3 is 2.29 bits per heavy atom. The van der Waals surface area contributed by atoms with Crippen molar-refractivity contribution in [1.29, 1.82) is 0 Å². The fourth-order valence-corrected chi connectivity index (χ4v) is 2.96. The van der Waals surface area contributed by atoms with Crippen molar-refractivity contribution in [3.05, 3.63) is 0 Å². The molecular weight excluding hydrogens is 293 g/mol. The van der Waals surface area contributed by atoms with Crippen LogP contribution < -0.4 is 0 Å². The molecule has 0 unspecified atom stereocenters. The van der Waals surface area contributed by atoms with Crippen LogP contribution in [0.5, 0.6) is 0 Å². The van der Waals surface area contributed by atoms with Crippen molar-refractivity contribution < 1.29 is 36.3 Å². The maximum Gasteiger partial charge on any atom is 0.673 e. The fraction of sp³-hybridized carbons (Fsp3) is 0.917. The number of hydrogen-bond donors (Lipinski definition) is 0. The number of nitrogens with zero attached hydrogens (tertiary/aromatic N) is 1. The number of ether oxygens (including phenoxy) is 2. The van der Waals surface area contributed by atoms with Gasteiger partial charge in [0.1, 0.15) is 0 Å². The van der Waals surface area contributed by atoms with Gasteiger partial charge in [-0.25, -0.2) is 0 Å². The molecule has 21 heavy (non-hydrogen) atoms. The molecule has 4 nitrogen and oxygen atoms in total. The summed E-state index contributed by atoms with van der Waals surface area (Å²) in [6.45, 7) is 1.47. The van der Waals surface area contributed by atoms with E-state index in [0.29, 0.717) is 6.61 Å². The van der Waals surface area contributed by atoms with Gasteiger partial charge in [-0.05, 0) is 17.6 Å². The Bertz CT molecular complexity index is 390. The predicted molar refractivity (Wildman–Crippen MR) is 68.6 cm³/mol. The molecule has 1 spiro atoms. The van der Waals surface area contributed by atoms with Gasteiger partial charge in [-0.1, -0.05) is 6.42 Å². The van der Waals surface area contributed by atoms with E-state index in [9.17, 15) is 17.3 Å². The van der Waals surface area contributed by atoms with Crippen LogP contribution in [0.4, 0.5) is 17.3 Å². The van der Waals surface area contributed by atoms with Gasteiger partial charge in [0, 0.05) is 12.8 Å². The number of hydrogen-bond acceptors (Lipinski definition) is 3. The molecule has 2 heterocycles.